The molecule has 0 radical (unpaired) electrons. The van der Waals surface area contributed by atoms with E-state index >= 15 is 0 Å². The maximum absolute atomic E-state index is 13.6. The van der Waals surface area contributed by atoms with E-state index in [-0.39, 0.29) is 23.6 Å². The summed E-state index contributed by atoms with van der Waals surface area (Å²) in [6.45, 7) is 4.58. The molecule has 0 bridgehead atoms. The van der Waals surface area contributed by atoms with Crippen LogP contribution in [0.1, 0.15) is 30.7 Å². The molecule has 152 valence electrons. The number of nitrogens with zero attached hydrogens (tertiary/aromatic N) is 2. The lowest BCUT2D eigenvalue weighted by molar-refractivity contribution is -0.140. The highest BCUT2D eigenvalue weighted by Crippen LogP contribution is 2.37. The number of para-hydroxylation sites is 1. The Morgan fingerprint density at radius 2 is 2.10 bits per heavy atom. The van der Waals surface area contributed by atoms with Crippen LogP contribution in [-0.2, 0) is 27.3 Å². The number of hydrogen-bond acceptors (Lipinski definition) is 7. The fourth-order valence-electron chi connectivity index (χ4n) is 3.40. The smallest absolute Gasteiger partial charge is 0.306 e. The summed E-state index contributed by atoms with van der Waals surface area (Å²) >= 11 is 2.91. The molecule has 8 heteroatoms. The van der Waals surface area contributed by atoms with Crippen molar-refractivity contribution in [1.82, 2.24) is 9.55 Å². The number of hydrogen-bond donors (Lipinski definition) is 0. The third kappa shape index (κ3) is 3.97. The minimum absolute atomic E-state index is 0.0723. The van der Waals surface area contributed by atoms with Gasteiger partial charge >= 0.3 is 5.97 Å². The first kappa shape index (κ1) is 20.1. The summed E-state index contributed by atoms with van der Waals surface area (Å²) in [5.41, 5.74) is 1.43. The van der Waals surface area contributed by atoms with Crippen molar-refractivity contribution in [3.05, 3.63) is 51.1 Å². The van der Waals surface area contributed by atoms with Gasteiger partial charge < -0.3 is 9.47 Å². The molecule has 0 aliphatic carbocycles. The van der Waals surface area contributed by atoms with Gasteiger partial charge in [-0.3, -0.25) is 14.2 Å². The second-order valence-electron chi connectivity index (χ2n) is 7.45. The predicted molar refractivity (Wildman–Crippen MR) is 115 cm³/mol. The van der Waals surface area contributed by atoms with E-state index in [1.807, 2.05) is 44.2 Å². The zero-order chi connectivity index (χ0) is 20.6. The molecule has 0 N–H and O–H groups in total. The highest BCUT2D eigenvalue weighted by molar-refractivity contribution is 7.99. The van der Waals surface area contributed by atoms with E-state index in [1.165, 1.54) is 30.2 Å². The Hall–Kier alpha value is -2.16. The zero-order valence-electron chi connectivity index (χ0n) is 16.6. The number of ether oxygens (including phenoxy) is 2. The van der Waals surface area contributed by atoms with Gasteiger partial charge in [0.25, 0.3) is 5.56 Å². The van der Waals surface area contributed by atoms with Gasteiger partial charge in [-0.15, -0.1) is 11.3 Å². The van der Waals surface area contributed by atoms with Crippen molar-refractivity contribution in [1.29, 1.82) is 0 Å². The molecule has 3 aromatic rings. The molecule has 0 spiro atoms. The second-order valence-corrected chi connectivity index (χ2v) is 9.60. The monoisotopic (exact) mass is 430 g/mol. The number of thiophene rings is 1. The predicted octanol–water partition coefficient (Wildman–Crippen LogP) is 3.95. The number of carbonyl (C=O) groups excluding carboxylic acids is 1. The number of thioether (sulfide) groups is 1. The molecule has 0 fully saturated rings. The van der Waals surface area contributed by atoms with E-state index in [9.17, 15) is 9.59 Å². The largest absolute Gasteiger partial charge is 0.469 e. The molecule has 3 heterocycles. The molecule has 4 rings (SSSR count). The molecule has 29 heavy (non-hydrogen) atoms. The van der Waals surface area contributed by atoms with Crippen molar-refractivity contribution in [2.45, 2.75) is 44.1 Å². The van der Waals surface area contributed by atoms with Crippen LogP contribution in [0.25, 0.3) is 15.9 Å². The van der Waals surface area contributed by atoms with Crippen LogP contribution in [0.4, 0.5) is 0 Å². The van der Waals surface area contributed by atoms with Crippen LogP contribution >= 0.6 is 23.1 Å². The first-order chi connectivity index (χ1) is 13.9. The van der Waals surface area contributed by atoms with Crippen molar-refractivity contribution in [2.24, 2.45) is 0 Å². The highest BCUT2D eigenvalue weighted by Gasteiger charge is 2.31. The quantitative estimate of drug-likeness (QED) is 0.347. The van der Waals surface area contributed by atoms with E-state index in [0.717, 1.165) is 21.0 Å². The molecular weight excluding hydrogens is 408 g/mol. The lowest BCUT2D eigenvalue weighted by atomic mass is 9.94. The normalized spacial score (nSPS) is 15.3. The lowest BCUT2D eigenvalue weighted by Crippen LogP contribution is -2.32. The van der Waals surface area contributed by atoms with Crippen LogP contribution in [0.3, 0.4) is 0 Å². The van der Waals surface area contributed by atoms with Gasteiger partial charge in [0.1, 0.15) is 4.83 Å². The fraction of sp³-hybridized carbons (Fsp3) is 0.381. The summed E-state index contributed by atoms with van der Waals surface area (Å²) < 4.78 is 12.3. The van der Waals surface area contributed by atoms with Crippen molar-refractivity contribution >= 4 is 39.3 Å². The van der Waals surface area contributed by atoms with Gasteiger partial charge in [-0.2, -0.15) is 0 Å². The minimum atomic E-state index is -0.307. The number of carbonyl (C=O) groups is 1. The number of methoxy groups -OCH3 is 1. The number of esters is 1. The first-order valence-corrected chi connectivity index (χ1v) is 11.2. The standard InChI is InChI=1S/C21H22N2O4S2/c1-21(2)11-14-15(12-27-21)29-18-17(14)19(25)23(13-7-5-4-6-8-13)20(22-18)28-10-9-16(24)26-3/h4-8H,9-12H2,1-3H3. The van der Waals surface area contributed by atoms with Gasteiger partial charge in [-0.1, -0.05) is 30.0 Å². The van der Waals surface area contributed by atoms with E-state index in [2.05, 4.69) is 0 Å². The van der Waals surface area contributed by atoms with Crippen LogP contribution in [0, 0.1) is 0 Å². The summed E-state index contributed by atoms with van der Waals surface area (Å²) in [6, 6.07) is 9.50. The summed E-state index contributed by atoms with van der Waals surface area (Å²) in [5, 5.41) is 1.26. The van der Waals surface area contributed by atoms with E-state index in [0.29, 0.717) is 29.3 Å². The van der Waals surface area contributed by atoms with Gasteiger partial charge in [-0.25, -0.2) is 4.98 Å². The number of aromatic nitrogens is 2. The van der Waals surface area contributed by atoms with Gasteiger partial charge in [-0.05, 0) is 31.5 Å². The Labute approximate surface area is 176 Å². The van der Waals surface area contributed by atoms with Crippen LogP contribution in [-0.4, -0.2) is 34.0 Å². The Bertz CT molecular complexity index is 1120. The van der Waals surface area contributed by atoms with Crippen LogP contribution in [0.15, 0.2) is 40.3 Å². The molecule has 2 aromatic heterocycles. The Kier molecular flexibility index (Phi) is 5.50. The average molecular weight is 431 g/mol. The summed E-state index contributed by atoms with van der Waals surface area (Å²) in [4.78, 5) is 31.7. The fourth-order valence-corrected chi connectivity index (χ4v) is 5.48. The third-order valence-corrected chi connectivity index (χ3v) is 6.89. The Balaban J connectivity index is 1.86. The molecule has 1 aliphatic heterocycles. The second kappa shape index (κ2) is 7.93. The average Bonchev–Trinajstić information content (AvgIpc) is 3.05. The topological polar surface area (TPSA) is 70.4 Å². The molecule has 1 aromatic carbocycles. The van der Waals surface area contributed by atoms with Crippen LogP contribution in [0.5, 0.6) is 0 Å². The van der Waals surface area contributed by atoms with E-state index in [4.69, 9.17) is 14.5 Å². The Morgan fingerprint density at radius 1 is 1.34 bits per heavy atom. The first-order valence-electron chi connectivity index (χ1n) is 9.36. The van der Waals surface area contributed by atoms with Gasteiger partial charge in [0.15, 0.2) is 5.16 Å². The number of rotatable bonds is 5. The molecule has 0 unspecified atom stereocenters. The van der Waals surface area contributed by atoms with Crippen LogP contribution in [0.2, 0.25) is 0 Å². The SMILES string of the molecule is COC(=O)CCSc1nc2sc3c(c2c(=O)n1-c1ccccc1)CC(C)(C)OC3. The van der Waals surface area contributed by atoms with Crippen molar-refractivity contribution in [3.63, 3.8) is 0 Å². The molecule has 6 nitrogen and oxygen atoms in total. The van der Waals surface area contributed by atoms with E-state index in [1.54, 1.807) is 4.57 Å². The van der Waals surface area contributed by atoms with Gasteiger partial charge in [0.05, 0.1) is 36.8 Å². The third-order valence-electron chi connectivity index (χ3n) is 4.85. The zero-order valence-corrected chi connectivity index (χ0v) is 18.2. The van der Waals surface area contributed by atoms with Crippen molar-refractivity contribution in [2.75, 3.05) is 12.9 Å². The maximum atomic E-state index is 13.6. The molecule has 0 saturated heterocycles. The molecule has 0 amide bonds. The van der Waals surface area contributed by atoms with Crippen molar-refractivity contribution < 1.29 is 14.3 Å². The molecule has 1 aliphatic rings. The lowest BCUT2D eigenvalue weighted by Gasteiger charge is -2.29. The summed E-state index contributed by atoms with van der Waals surface area (Å²) in [7, 11) is 1.37. The Morgan fingerprint density at radius 3 is 2.83 bits per heavy atom. The van der Waals surface area contributed by atoms with Crippen molar-refractivity contribution in [3.8, 4) is 5.69 Å². The maximum Gasteiger partial charge on any atom is 0.306 e. The highest BCUT2D eigenvalue weighted by atomic mass is 32.2. The summed E-state index contributed by atoms with van der Waals surface area (Å²) in [6.07, 6.45) is 0.940. The number of fused-ring (bicyclic) bond motifs is 3. The van der Waals surface area contributed by atoms with Gasteiger partial charge in [0.2, 0.25) is 0 Å². The van der Waals surface area contributed by atoms with Crippen LogP contribution < -0.4 is 5.56 Å². The molecule has 0 saturated carbocycles. The molecule has 0 atom stereocenters. The molecular formula is C21H22N2O4S2. The summed E-state index contributed by atoms with van der Waals surface area (Å²) in [5.74, 6) is 0.205. The number of benzene rings is 1. The van der Waals surface area contributed by atoms with Gasteiger partial charge in [0, 0.05) is 17.1 Å². The van der Waals surface area contributed by atoms with E-state index < -0.39 is 0 Å². The minimum Gasteiger partial charge on any atom is -0.469 e.